The number of hydrogen-bond acceptors (Lipinski definition) is 2. The molecule has 0 radical (unpaired) electrons. The zero-order valence-electron chi connectivity index (χ0n) is 11.1. The van der Waals surface area contributed by atoms with Crippen molar-refractivity contribution in [1.29, 1.82) is 0 Å². The first-order valence-electron chi connectivity index (χ1n) is 6.85. The van der Waals surface area contributed by atoms with Gasteiger partial charge in [0.1, 0.15) is 0 Å². The van der Waals surface area contributed by atoms with E-state index in [0.29, 0.717) is 4.83 Å². The van der Waals surface area contributed by atoms with Crippen molar-refractivity contribution in [2.75, 3.05) is 0 Å². The molecule has 0 saturated carbocycles. The standard InChI is InChI=1S/C15H20BrClO2/c1-3-5-6-7-13-15-9-14(19-13)11(17)8-10(16)12(4-2)18-15/h1,5-6,10-15H,4,7-9H2,2H3/b6-5+/t10-,11-,12+,13-,14-,15-/m0/s1. The molecule has 0 aromatic heterocycles. The van der Waals surface area contributed by atoms with E-state index in [-0.39, 0.29) is 29.8 Å². The molecule has 0 amide bonds. The summed E-state index contributed by atoms with van der Waals surface area (Å²) in [6.45, 7) is 2.14. The van der Waals surface area contributed by atoms with E-state index >= 15 is 0 Å². The van der Waals surface area contributed by atoms with E-state index in [4.69, 9.17) is 27.5 Å². The quantitative estimate of drug-likeness (QED) is 0.573. The highest BCUT2D eigenvalue weighted by Crippen LogP contribution is 2.37. The van der Waals surface area contributed by atoms with Gasteiger partial charge in [0.15, 0.2) is 0 Å². The summed E-state index contributed by atoms with van der Waals surface area (Å²) in [7, 11) is 0. The van der Waals surface area contributed by atoms with Crippen molar-refractivity contribution in [2.24, 2.45) is 0 Å². The Labute approximate surface area is 129 Å². The summed E-state index contributed by atoms with van der Waals surface area (Å²) in [6.07, 6.45) is 12.9. The fourth-order valence-corrected chi connectivity index (χ4v) is 4.25. The molecule has 0 spiro atoms. The first-order valence-corrected chi connectivity index (χ1v) is 8.21. The Kier molecular flexibility index (Phi) is 5.77. The Morgan fingerprint density at radius 3 is 2.74 bits per heavy atom. The molecule has 2 fully saturated rings. The minimum atomic E-state index is 0.0476. The SMILES string of the molecule is C#C/C=C/C[C@@H]1O[C@H]2C[C@@H]1O[C@H](CC)[C@@H](Br)C[C@@H]2Cl. The first kappa shape index (κ1) is 15.4. The average molecular weight is 348 g/mol. The number of hydrogen-bond donors (Lipinski definition) is 0. The fraction of sp³-hybridized carbons (Fsp3) is 0.733. The van der Waals surface area contributed by atoms with Gasteiger partial charge >= 0.3 is 0 Å². The van der Waals surface area contributed by atoms with Crippen molar-refractivity contribution in [3.05, 3.63) is 12.2 Å². The second-order valence-corrected chi connectivity index (χ2v) is 6.88. The molecule has 0 aliphatic carbocycles. The molecule has 4 heteroatoms. The summed E-state index contributed by atoms with van der Waals surface area (Å²) < 4.78 is 12.3. The van der Waals surface area contributed by atoms with E-state index in [1.54, 1.807) is 6.08 Å². The number of alkyl halides is 2. The molecule has 0 unspecified atom stereocenters. The van der Waals surface area contributed by atoms with E-state index in [1.165, 1.54) is 0 Å². The third-order valence-electron chi connectivity index (χ3n) is 3.82. The zero-order valence-corrected chi connectivity index (χ0v) is 13.4. The van der Waals surface area contributed by atoms with Crippen LogP contribution in [0.3, 0.4) is 0 Å². The van der Waals surface area contributed by atoms with Crippen molar-refractivity contribution in [3.63, 3.8) is 0 Å². The van der Waals surface area contributed by atoms with Gasteiger partial charge in [-0.1, -0.05) is 34.9 Å². The van der Waals surface area contributed by atoms with Gasteiger partial charge in [-0.05, 0) is 25.3 Å². The molecular formula is C15H20BrClO2. The molecule has 0 aromatic carbocycles. The fourth-order valence-electron chi connectivity index (χ4n) is 2.78. The summed E-state index contributed by atoms with van der Waals surface area (Å²) in [5.74, 6) is 2.50. The highest BCUT2D eigenvalue weighted by Gasteiger charge is 2.43. The normalized spacial score (nSPS) is 42.8. The van der Waals surface area contributed by atoms with E-state index in [0.717, 1.165) is 25.7 Å². The Bertz CT molecular complexity index is 366. The molecule has 2 rings (SSSR count). The number of ether oxygens (including phenoxy) is 2. The van der Waals surface area contributed by atoms with Gasteiger partial charge in [-0.25, -0.2) is 0 Å². The average Bonchev–Trinajstić information content (AvgIpc) is 2.79. The number of fused-ring (bicyclic) bond motifs is 2. The van der Waals surface area contributed by atoms with Crippen LogP contribution in [0, 0.1) is 12.3 Å². The predicted octanol–water partition coefficient (Wildman–Crippen LogP) is 3.66. The van der Waals surface area contributed by atoms with Gasteiger partial charge in [0.2, 0.25) is 0 Å². The van der Waals surface area contributed by atoms with Gasteiger partial charge in [-0.15, -0.1) is 18.0 Å². The lowest BCUT2D eigenvalue weighted by Gasteiger charge is -2.30. The van der Waals surface area contributed by atoms with Crippen molar-refractivity contribution >= 4 is 27.5 Å². The number of allylic oxidation sites excluding steroid dienone is 1. The minimum absolute atomic E-state index is 0.0476. The van der Waals surface area contributed by atoms with Crippen molar-refractivity contribution in [3.8, 4) is 12.3 Å². The molecule has 6 atom stereocenters. The van der Waals surface area contributed by atoms with Gasteiger partial charge < -0.3 is 9.47 Å². The van der Waals surface area contributed by atoms with Crippen LogP contribution < -0.4 is 0 Å². The van der Waals surface area contributed by atoms with Gasteiger partial charge in [-0.2, -0.15) is 0 Å². The smallest absolute Gasteiger partial charge is 0.0876 e. The van der Waals surface area contributed by atoms with E-state index in [2.05, 4.69) is 28.8 Å². The lowest BCUT2D eigenvalue weighted by molar-refractivity contribution is -0.0500. The third kappa shape index (κ3) is 3.76. The number of terminal acetylenes is 1. The molecule has 2 aliphatic heterocycles. The molecule has 2 bridgehead atoms. The maximum Gasteiger partial charge on any atom is 0.0876 e. The lowest BCUT2D eigenvalue weighted by atomic mass is 9.99. The van der Waals surface area contributed by atoms with Crippen LogP contribution in [0.25, 0.3) is 0 Å². The van der Waals surface area contributed by atoms with Crippen molar-refractivity contribution < 1.29 is 9.47 Å². The van der Waals surface area contributed by atoms with Crippen molar-refractivity contribution in [1.82, 2.24) is 0 Å². The van der Waals surface area contributed by atoms with Gasteiger partial charge in [0.05, 0.1) is 29.8 Å². The summed E-state index contributed by atoms with van der Waals surface area (Å²) in [6, 6.07) is 0. The first-order chi connectivity index (χ1) is 9.15. The van der Waals surface area contributed by atoms with Gasteiger partial charge in [0.25, 0.3) is 0 Å². The molecule has 0 N–H and O–H groups in total. The van der Waals surface area contributed by atoms with E-state index in [1.807, 2.05) is 6.08 Å². The van der Waals surface area contributed by atoms with Crippen LogP contribution in [-0.2, 0) is 9.47 Å². The number of halogens is 2. The summed E-state index contributed by atoms with van der Waals surface area (Å²) in [5, 5.41) is 0.0476. The molecule has 2 heterocycles. The summed E-state index contributed by atoms with van der Waals surface area (Å²) in [5.41, 5.74) is 0. The Morgan fingerprint density at radius 1 is 1.32 bits per heavy atom. The van der Waals surface area contributed by atoms with E-state index in [9.17, 15) is 0 Å². The molecule has 106 valence electrons. The molecule has 2 aliphatic rings. The monoisotopic (exact) mass is 346 g/mol. The lowest BCUT2D eigenvalue weighted by Crippen LogP contribution is -2.37. The van der Waals surface area contributed by atoms with Gasteiger partial charge in [0, 0.05) is 11.2 Å². The van der Waals surface area contributed by atoms with Crippen LogP contribution in [0.4, 0.5) is 0 Å². The Balaban J connectivity index is 2.07. The summed E-state index contributed by atoms with van der Waals surface area (Å²) in [4.78, 5) is 0.300. The second-order valence-electron chi connectivity index (χ2n) is 5.14. The molecular weight excluding hydrogens is 328 g/mol. The predicted molar refractivity (Wildman–Crippen MR) is 81.8 cm³/mol. The minimum Gasteiger partial charge on any atom is -0.371 e. The largest absolute Gasteiger partial charge is 0.371 e. The van der Waals surface area contributed by atoms with Crippen LogP contribution in [0.5, 0.6) is 0 Å². The van der Waals surface area contributed by atoms with Crippen LogP contribution in [0.2, 0.25) is 0 Å². The molecule has 0 aromatic rings. The number of rotatable bonds is 3. The Hall–Kier alpha value is -0.0100. The zero-order chi connectivity index (χ0) is 13.8. The van der Waals surface area contributed by atoms with Crippen molar-refractivity contribution in [2.45, 2.75) is 67.2 Å². The highest BCUT2D eigenvalue weighted by atomic mass is 79.9. The maximum atomic E-state index is 6.47. The van der Waals surface area contributed by atoms with Crippen LogP contribution >= 0.6 is 27.5 Å². The van der Waals surface area contributed by atoms with Crippen LogP contribution in [0.1, 0.15) is 32.6 Å². The molecule has 2 nitrogen and oxygen atoms in total. The topological polar surface area (TPSA) is 18.5 Å². The Morgan fingerprint density at radius 2 is 2.05 bits per heavy atom. The molecule has 2 saturated heterocycles. The third-order valence-corrected chi connectivity index (χ3v) is 5.24. The molecule has 19 heavy (non-hydrogen) atoms. The van der Waals surface area contributed by atoms with Gasteiger partial charge in [-0.3, -0.25) is 0 Å². The van der Waals surface area contributed by atoms with E-state index < -0.39 is 0 Å². The second kappa shape index (κ2) is 7.13. The highest BCUT2D eigenvalue weighted by molar-refractivity contribution is 9.09. The van der Waals surface area contributed by atoms with Crippen LogP contribution in [0.15, 0.2) is 12.2 Å². The van der Waals surface area contributed by atoms with Crippen LogP contribution in [-0.4, -0.2) is 34.6 Å². The summed E-state index contributed by atoms with van der Waals surface area (Å²) >= 11 is 10.2. The maximum absolute atomic E-state index is 6.47.